The molecule has 0 amide bonds. The highest BCUT2D eigenvalue weighted by Gasteiger charge is 2.33. The average Bonchev–Trinajstić information content (AvgIpc) is 2.78. The fourth-order valence-corrected chi connectivity index (χ4v) is 3.46. The number of aromatic nitrogens is 1. The van der Waals surface area contributed by atoms with Crippen LogP contribution in [0.4, 0.5) is 0 Å². The van der Waals surface area contributed by atoms with Crippen molar-refractivity contribution in [3.05, 3.63) is 41.6 Å². The summed E-state index contributed by atoms with van der Waals surface area (Å²) >= 11 is 0. The summed E-state index contributed by atoms with van der Waals surface area (Å²) in [6, 6.07) is 10.9. The third-order valence-corrected chi connectivity index (χ3v) is 4.42. The molecule has 3 nitrogen and oxygen atoms in total. The Balaban J connectivity index is 1.55. The fourth-order valence-electron chi connectivity index (χ4n) is 3.46. The molecule has 0 aliphatic carbocycles. The topological polar surface area (TPSA) is 25.4 Å². The Labute approximate surface area is 119 Å². The van der Waals surface area contributed by atoms with Gasteiger partial charge in [-0.05, 0) is 43.5 Å². The van der Waals surface area contributed by atoms with Gasteiger partial charge in [-0.1, -0.05) is 12.1 Å². The molecule has 20 heavy (non-hydrogen) atoms. The van der Waals surface area contributed by atoms with Gasteiger partial charge in [0.15, 0.2) is 0 Å². The van der Waals surface area contributed by atoms with E-state index in [2.05, 4.69) is 40.2 Å². The summed E-state index contributed by atoms with van der Waals surface area (Å²) in [6.07, 6.45) is 3.42. The van der Waals surface area contributed by atoms with Crippen LogP contribution in [0.2, 0.25) is 0 Å². The van der Waals surface area contributed by atoms with Crippen molar-refractivity contribution in [3.8, 4) is 0 Å². The second-order valence-corrected chi connectivity index (χ2v) is 6.13. The predicted octanol–water partition coefficient (Wildman–Crippen LogP) is 2.91. The first-order valence-electron chi connectivity index (χ1n) is 7.50. The molecule has 2 fully saturated rings. The zero-order valence-electron chi connectivity index (χ0n) is 11.9. The first-order valence-corrected chi connectivity index (χ1v) is 7.50. The molecular formula is C17H20N2O. The SMILES string of the molecule is Cc1ccc2cc(CN3CC4CCC(C3)O4)ccc2n1. The van der Waals surface area contributed by atoms with Crippen LogP contribution in [0.5, 0.6) is 0 Å². The second-order valence-electron chi connectivity index (χ2n) is 6.13. The van der Waals surface area contributed by atoms with Crippen LogP contribution in [0.15, 0.2) is 30.3 Å². The Hall–Kier alpha value is -1.45. The van der Waals surface area contributed by atoms with Crippen molar-refractivity contribution in [2.24, 2.45) is 0 Å². The number of aryl methyl sites for hydroxylation is 1. The van der Waals surface area contributed by atoms with E-state index in [-0.39, 0.29) is 0 Å². The van der Waals surface area contributed by atoms with Crippen LogP contribution in [0.25, 0.3) is 10.9 Å². The van der Waals surface area contributed by atoms with E-state index in [1.807, 2.05) is 6.92 Å². The molecule has 3 heterocycles. The number of rotatable bonds is 2. The number of benzene rings is 1. The number of hydrogen-bond donors (Lipinski definition) is 0. The minimum absolute atomic E-state index is 0.471. The molecule has 2 unspecified atom stereocenters. The summed E-state index contributed by atoms with van der Waals surface area (Å²) in [5.41, 5.74) is 3.55. The van der Waals surface area contributed by atoms with Crippen molar-refractivity contribution < 1.29 is 4.74 Å². The van der Waals surface area contributed by atoms with E-state index in [4.69, 9.17) is 4.74 Å². The van der Waals surface area contributed by atoms with Crippen LogP contribution >= 0.6 is 0 Å². The Morgan fingerprint density at radius 3 is 2.75 bits per heavy atom. The van der Waals surface area contributed by atoms with E-state index >= 15 is 0 Å². The van der Waals surface area contributed by atoms with E-state index in [0.717, 1.165) is 30.8 Å². The molecule has 2 aromatic rings. The lowest BCUT2D eigenvalue weighted by atomic mass is 10.1. The normalized spacial score (nSPS) is 26.2. The molecule has 1 aromatic heterocycles. The molecule has 0 saturated carbocycles. The minimum Gasteiger partial charge on any atom is -0.372 e. The van der Waals surface area contributed by atoms with E-state index in [1.54, 1.807) is 0 Å². The highest BCUT2D eigenvalue weighted by atomic mass is 16.5. The molecule has 2 aliphatic rings. The van der Waals surface area contributed by atoms with Gasteiger partial charge >= 0.3 is 0 Å². The van der Waals surface area contributed by atoms with Gasteiger partial charge in [-0.15, -0.1) is 0 Å². The number of ether oxygens (including phenoxy) is 1. The summed E-state index contributed by atoms with van der Waals surface area (Å²) in [5.74, 6) is 0. The zero-order valence-corrected chi connectivity index (χ0v) is 11.9. The molecular weight excluding hydrogens is 248 g/mol. The molecule has 4 rings (SSSR count). The van der Waals surface area contributed by atoms with Crippen LogP contribution in [-0.4, -0.2) is 35.2 Å². The van der Waals surface area contributed by atoms with E-state index in [9.17, 15) is 0 Å². The van der Waals surface area contributed by atoms with Gasteiger partial charge in [0.25, 0.3) is 0 Å². The summed E-state index contributed by atoms with van der Waals surface area (Å²) in [4.78, 5) is 7.10. The van der Waals surface area contributed by atoms with E-state index in [1.165, 1.54) is 23.8 Å². The Bertz CT molecular complexity index is 628. The zero-order chi connectivity index (χ0) is 13.5. The highest BCUT2D eigenvalue weighted by molar-refractivity contribution is 5.79. The molecule has 2 atom stereocenters. The number of fused-ring (bicyclic) bond motifs is 3. The summed E-state index contributed by atoms with van der Waals surface area (Å²) < 4.78 is 5.90. The average molecular weight is 268 g/mol. The van der Waals surface area contributed by atoms with Crippen molar-refractivity contribution in [1.29, 1.82) is 0 Å². The molecule has 0 spiro atoms. The van der Waals surface area contributed by atoms with Gasteiger partial charge in [-0.25, -0.2) is 0 Å². The number of nitrogens with zero attached hydrogens (tertiary/aromatic N) is 2. The van der Waals surface area contributed by atoms with E-state index in [0.29, 0.717) is 12.2 Å². The summed E-state index contributed by atoms with van der Waals surface area (Å²) in [5, 5.41) is 1.24. The first kappa shape index (κ1) is 12.3. The smallest absolute Gasteiger partial charge is 0.0707 e. The van der Waals surface area contributed by atoms with Gasteiger partial charge < -0.3 is 4.74 Å². The Kier molecular flexibility index (Phi) is 2.97. The Morgan fingerprint density at radius 1 is 1.15 bits per heavy atom. The van der Waals surface area contributed by atoms with Crippen molar-refractivity contribution in [3.63, 3.8) is 0 Å². The quantitative estimate of drug-likeness (QED) is 0.837. The molecule has 0 N–H and O–H groups in total. The Morgan fingerprint density at radius 2 is 1.95 bits per heavy atom. The van der Waals surface area contributed by atoms with Gasteiger partial charge in [0.2, 0.25) is 0 Å². The monoisotopic (exact) mass is 268 g/mol. The highest BCUT2D eigenvalue weighted by Crippen LogP contribution is 2.27. The van der Waals surface area contributed by atoms with Gasteiger partial charge in [0.05, 0.1) is 17.7 Å². The third kappa shape index (κ3) is 2.32. The van der Waals surface area contributed by atoms with Crippen LogP contribution in [0, 0.1) is 6.92 Å². The summed E-state index contributed by atoms with van der Waals surface area (Å²) in [7, 11) is 0. The summed E-state index contributed by atoms with van der Waals surface area (Å²) in [6.45, 7) is 5.23. The standard InChI is InChI=1S/C17H20N2O/c1-12-2-4-14-8-13(3-7-17(14)18-12)9-19-10-15-5-6-16(11-19)20-15/h2-4,7-8,15-16H,5-6,9-11H2,1H3. The van der Waals surface area contributed by atoms with Crippen molar-refractivity contribution >= 4 is 10.9 Å². The third-order valence-electron chi connectivity index (χ3n) is 4.42. The molecule has 0 radical (unpaired) electrons. The van der Waals surface area contributed by atoms with Crippen molar-refractivity contribution in [1.82, 2.24) is 9.88 Å². The molecule has 2 bridgehead atoms. The lowest BCUT2D eigenvalue weighted by Gasteiger charge is -2.32. The van der Waals surface area contributed by atoms with Gasteiger partial charge in [0.1, 0.15) is 0 Å². The van der Waals surface area contributed by atoms with Crippen LogP contribution in [0.3, 0.4) is 0 Å². The number of morpholine rings is 1. The maximum Gasteiger partial charge on any atom is 0.0707 e. The maximum absolute atomic E-state index is 5.90. The second kappa shape index (κ2) is 4.83. The van der Waals surface area contributed by atoms with Gasteiger partial charge in [-0.2, -0.15) is 0 Å². The number of hydrogen-bond acceptors (Lipinski definition) is 3. The van der Waals surface area contributed by atoms with Crippen molar-refractivity contribution in [2.45, 2.75) is 38.5 Å². The first-order chi connectivity index (χ1) is 9.76. The van der Waals surface area contributed by atoms with Crippen LogP contribution < -0.4 is 0 Å². The minimum atomic E-state index is 0.471. The largest absolute Gasteiger partial charge is 0.372 e. The van der Waals surface area contributed by atoms with Crippen LogP contribution in [0.1, 0.15) is 24.1 Å². The van der Waals surface area contributed by atoms with Gasteiger partial charge in [0, 0.05) is 30.7 Å². The lowest BCUT2D eigenvalue weighted by Crippen LogP contribution is -2.41. The number of likely N-dealkylation sites (tertiary alicyclic amines) is 1. The predicted molar refractivity (Wildman–Crippen MR) is 79.7 cm³/mol. The van der Waals surface area contributed by atoms with Crippen LogP contribution in [-0.2, 0) is 11.3 Å². The van der Waals surface area contributed by atoms with E-state index < -0.39 is 0 Å². The molecule has 2 saturated heterocycles. The maximum atomic E-state index is 5.90. The number of pyridine rings is 1. The molecule has 104 valence electrons. The molecule has 1 aromatic carbocycles. The molecule has 3 heteroatoms. The van der Waals surface area contributed by atoms with Crippen molar-refractivity contribution in [2.75, 3.05) is 13.1 Å². The fraction of sp³-hybridized carbons (Fsp3) is 0.471. The molecule has 2 aliphatic heterocycles. The van der Waals surface area contributed by atoms with Gasteiger partial charge in [-0.3, -0.25) is 9.88 Å². The lowest BCUT2D eigenvalue weighted by molar-refractivity contribution is -0.0410.